The van der Waals surface area contributed by atoms with Crippen molar-refractivity contribution in [3.8, 4) is 11.5 Å². The fourth-order valence-corrected chi connectivity index (χ4v) is 3.44. The summed E-state index contributed by atoms with van der Waals surface area (Å²) in [4.78, 5) is 24.5. The smallest absolute Gasteiger partial charge is 0.407 e. The van der Waals surface area contributed by atoms with Crippen molar-refractivity contribution >= 4 is 18.2 Å². The van der Waals surface area contributed by atoms with Gasteiger partial charge in [-0.15, -0.1) is 0 Å². The van der Waals surface area contributed by atoms with E-state index in [9.17, 15) is 14.0 Å². The molecule has 194 valence electrons. The monoisotopic (exact) mass is 507 g/mol. The molecule has 0 unspecified atom stereocenters. The summed E-state index contributed by atoms with van der Waals surface area (Å²) in [7, 11) is 0. The van der Waals surface area contributed by atoms with Gasteiger partial charge < -0.3 is 19.5 Å². The van der Waals surface area contributed by atoms with Crippen LogP contribution in [0.3, 0.4) is 0 Å². The Morgan fingerprint density at radius 1 is 0.946 bits per heavy atom. The van der Waals surface area contributed by atoms with E-state index >= 15 is 0 Å². The van der Waals surface area contributed by atoms with Crippen molar-refractivity contribution in [2.75, 3.05) is 13.2 Å². The van der Waals surface area contributed by atoms with Gasteiger partial charge in [0.2, 0.25) is 5.91 Å². The zero-order chi connectivity index (χ0) is 26.5. The van der Waals surface area contributed by atoms with E-state index in [-0.39, 0.29) is 31.4 Å². The summed E-state index contributed by atoms with van der Waals surface area (Å²) in [5, 5.41) is 6.73. The molecule has 0 heterocycles. The summed E-state index contributed by atoms with van der Waals surface area (Å²) in [5.74, 6) is 0.286. The molecule has 0 saturated heterocycles. The molecule has 0 radical (unpaired) electrons. The van der Waals surface area contributed by atoms with E-state index in [2.05, 4.69) is 15.8 Å². The van der Waals surface area contributed by atoms with Crippen molar-refractivity contribution in [1.29, 1.82) is 0 Å². The second-order valence-electron chi connectivity index (χ2n) is 7.88. The quantitative estimate of drug-likeness (QED) is 0.262. The number of hydrazone groups is 1. The number of hydrogen-bond donors (Lipinski definition) is 2. The number of alkyl carbamates (subject to hydrolysis) is 1. The highest BCUT2D eigenvalue weighted by molar-refractivity contribution is 5.83. The largest absolute Gasteiger partial charge is 0.490 e. The summed E-state index contributed by atoms with van der Waals surface area (Å²) in [5.41, 5.74) is 4.62. The summed E-state index contributed by atoms with van der Waals surface area (Å²) >= 11 is 0. The molecule has 3 aromatic carbocycles. The van der Waals surface area contributed by atoms with Crippen molar-refractivity contribution in [2.45, 2.75) is 32.9 Å². The van der Waals surface area contributed by atoms with Gasteiger partial charge in [-0.2, -0.15) is 5.10 Å². The van der Waals surface area contributed by atoms with Crippen LogP contribution in [0.1, 0.15) is 43.0 Å². The minimum atomic E-state index is -0.601. The highest BCUT2D eigenvalue weighted by Crippen LogP contribution is 2.29. The summed E-state index contributed by atoms with van der Waals surface area (Å²) in [6.07, 6.45) is 0.848. The first kappa shape index (κ1) is 27.2. The van der Waals surface area contributed by atoms with Crippen molar-refractivity contribution in [2.24, 2.45) is 5.10 Å². The van der Waals surface area contributed by atoms with Crippen molar-refractivity contribution in [3.05, 3.63) is 95.3 Å². The average Bonchev–Trinajstić information content (AvgIpc) is 2.89. The number of nitrogens with zero attached hydrogens (tertiary/aromatic N) is 1. The van der Waals surface area contributed by atoms with Gasteiger partial charge in [0.15, 0.2) is 11.5 Å². The van der Waals surface area contributed by atoms with Gasteiger partial charge in [0, 0.05) is 0 Å². The molecule has 0 aliphatic heterocycles. The molecule has 0 fully saturated rings. The van der Waals surface area contributed by atoms with Gasteiger partial charge in [-0.3, -0.25) is 4.79 Å². The van der Waals surface area contributed by atoms with Gasteiger partial charge >= 0.3 is 6.09 Å². The molecule has 0 spiro atoms. The number of rotatable bonds is 12. The first-order valence-corrected chi connectivity index (χ1v) is 11.9. The topological polar surface area (TPSA) is 98.2 Å². The van der Waals surface area contributed by atoms with E-state index in [4.69, 9.17) is 14.2 Å². The standard InChI is InChI=1S/C28H30FN3O5/c1-3-35-26-16-20(13-14-25(26)37-19-21-9-8-12-23(29)15-21)18-30-32-27(33)17-24(31-28(34)36-4-2)22-10-6-5-7-11-22/h5-16,18,24H,3-4,17,19H2,1-2H3,(H,31,34)(H,32,33)/b30-18-/t24-/m0/s1. The first-order valence-electron chi connectivity index (χ1n) is 11.9. The minimum absolute atomic E-state index is 0.0305. The predicted molar refractivity (Wildman–Crippen MR) is 138 cm³/mol. The van der Waals surface area contributed by atoms with E-state index < -0.39 is 12.1 Å². The van der Waals surface area contributed by atoms with Gasteiger partial charge in [0.1, 0.15) is 12.4 Å². The van der Waals surface area contributed by atoms with Crippen LogP contribution in [0.5, 0.6) is 11.5 Å². The second-order valence-corrected chi connectivity index (χ2v) is 7.88. The third-order valence-electron chi connectivity index (χ3n) is 5.11. The Kier molecular flexibility index (Phi) is 10.5. The van der Waals surface area contributed by atoms with Gasteiger partial charge in [-0.25, -0.2) is 14.6 Å². The normalized spacial score (nSPS) is 11.5. The zero-order valence-corrected chi connectivity index (χ0v) is 20.8. The van der Waals surface area contributed by atoms with E-state index in [1.54, 1.807) is 37.3 Å². The van der Waals surface area contributed by atoms with Crippen molar-refractivity contribution < 1.29 is 28.2 Å². The summed E-state index contributed by atoms with van der Waals surface area (Å²) in [6, 6.07) is 20.0. The lowest BCUT2D eigenvalue weighted by Gasteiger charge is -2.18. The maximum absolute atomic E-state index is 13.4. The van der Waals surface area contributed by atoms with Crippen LogP contribution in [0, 0.1) is 5.82 Å². The molecule has 37 heavy (non-hydrogen) atoms. The van der Waals surface area contributed by atoms with Gasteiger partial charge in [-0.05, 0) is 60.9 Å². The Balaban J connectivity index is 1.61. The highest BCUT2D eigenvalue weighted by atomic mass is 19.1. The maximum Gasteiger partial charge on any atom is 0.407 e. The summed E-state index contributed by atoms with van der Waals surface area (Å²) < 4.78 is 29.9. The maximum atomic E-state index is 13.4. The first-order chi connectivity index (χ1) is 18.0. The number of carbonyl (C=O) groups is 2. The molecule has 0 aliphatic carbocycles. The third-order valence-corrected chi connectivity index (χ3v) is 5.11. The van der Waals surface area contributed by atoms with E-state index in [0.717, 1.165) is 5.56 Å². The molecule has 0 aliphatic rings. The Hall–Kier alpha value is -4.40. The lowest BCUT2D eigenvalue weighted by Crippen LogP contribution is -2.33. The average molecular weight is 508 g/mol. The molecule has 0 aromatic heterocycles. The summed E-state index contributed by atoms with van der Waals surface area (Å²) in [6.45, 7) is 4.39. The molecule has 3 aromatic rings. The van der Waals surface area contributed by atoms with Crippen LogP contribution < -0.4 is 20.2 Å². The minimum Gasteiger partial charge on any atom is -0.490 e. The van der Waals surface area contributed by atoms with Crippen LogP contribution in [0.15, 0.2) is 77.9 Å². The van der Waals surface area contributed by atoms with Crippen LogP contribution in [-0.4, -0.2) is 31.4 Å². The third kappa shape index (κ3) is 8.96. The number of halogens is 1. The van der Waals surface area contributed by atoms with Crippen LogP contribution in [0.25, 0.3) is 0 Å². The Morgan fingerprint density at radius 2 is 1.76 bits per heavy atom. The number of nitrogens with one attached hydrogen (secondary N) is 2. The molecule has 3 rings (SSSR count). The van der Waals surface area contributed by atoms with Crippen LogP contribution in [-0.2, 0) is 16.1 Å². The predicted octanol–water partition coefficient (Wildman–Crippen LogP) is 5.13. The van der Waals surface area contributed by atoms with Crippen LogP contribution in [0.2, 0.25) is 0 Å². The van der Waals surface area contributed by atoms with Crippen molar-refractivity contribution in [3.63, 3.8) is 0 Å². The van der Waals surface area contributed by atoms with Crippen LogP contribution in [0.4, 0.5) is 9.18 Å². The molecule has 1 atom stereocenters. The lowest BCUT2D eigenvalue weighted by molar-refractivity contribution is -0.121. The molecule has 2 amide bonds. The molecule has 2 N–H and O–H groups in total. The van der Waals surface area contributed by atoms with Crippen molar-refractivity contribution in [1.82, 2.24) is 10.7 Å². The molecule has 0 bridgehead atoms. The van der Waals surface area contributed by atoms with Gasteiger partial charge in [0.25, 0.3) is 0 Å². The van der Waals surface area contributed by atoms with Gasteiger partial charge in [0.05, 0.1) is 31.9 Å². The molecule has 8 nitrogen and oxygen atoms in total. The van der Waals surface area contributed by atoms with E-state index in [1.807, 2.05) is 37.3 Å². The number of amides is 2. The van der Waals surface area contributed by atoms with Gasteiger partial charge in [-0.1, -0.05) is 42.5 Å². The highest BCUT2D eigenvalue weighted by Gasteiger charge is 2.18. The number of hydrogen-bond acceptors (Lipinski definition) is 6. The SMILES string of the molecule is CCOC(=O)N[C@@H](CC(=O)N/N=C\c1ccc(OCc2cccc(F)c2)c(OCC)c1)c1ccccc1. The molecular weight excluding hydrogens is 477 g/mol. The lowest BCUT2D eigenvalue weighted by atomic mass is 10.0. The Bertz CT molecular complexity index is 1200. The fourth-order valence-electron chi connectivity index (χ4n) is 3.44. The molecular formula is C28H30FN3O5. The number of carbonyl (C=O) groups excluding carboxylic acids is 2. The fraction of sp³-hybridized carbons (Fsp3) is 0.250. The molecule has 0 saturated carbocycles. The van der Waals surface area contributed by atoms with E-state index in [0.29, 0.717) is 29.2 Å². The Morgan fingerprint density at radius 3 is 2.49 bits per heavy atom. The number of benzene rings is 3. The molecule has 9 heteroatoms. The van der Waals surface area contributed by atoms with E-state index in [1.165, 1.54) is 18.3 Å². The zero-order valence-electron chi connectivity index (χ0n) is 20.8. The number of ether oxygens (including phenoxy) is 3. The van der Waals surface area contributed by atoms with Crippen LogP contribution >= 0.6 is 0 Å². The Labute approximate surface area is 215 Å². The second kappa shape index (κ2) is 14.2.